The topological polar surface area (TPSA) is 54.8 Å². The molecule has 0 N–H and O–H groups in total. The summed E-state index contributed by atoms with van der Waals surface area (Å²) in [6.45, 7) is 3.27. The molecule has 200 valence electrons. The van der Waals surface area contributed by atoms with Gasteiger partial charge in [0.2, 0.25) is 0 Å². The second-order valence-electron chi connectivity index (χ2n) is 9.04. The van der Waals surface area contributed by atoms with E-state index in [1.807, 2.05) is 0 Å². The molecule has 1 aliphatic heterocycles. The molecule has 1 amide bonds. The Morgan fingerprint density at radius 1 is 1.00 bits per heavy atom. The van der Waals surface area contributed by atoms with Crippen LogP contribution in [0.15, 0.2) is 71.9 Å². The highest BCUT2D eigenvalue weighted by Crippen LogP contribution is 2.39. The van der Waals surface area contributed by atoms with Gasteiger partial charge in [-0.1, -0.05) is 29.8 Å². The molecule has 2 aromatic carbocycles. The van der Waals surface area contributed by atoms with E-state index >= 15 is 0 Å². The van der Waals surface area contributed by atoms with Crippen LogP contribution in [0.4, 0.5) is 32.0 Å². The number of nitrogens with zero attached hydrogens (tertiary/aromatic N) is 3. The molecular formula is C26H20ClF6N3O2. The van der Waals surface area contributed by atoms with Crippen molar-refractivity contribution < 1.29 is 35.9 Å². The number of aromatic nitrogens is 1. The molecule has 5 nitrogen and oxygen atoms in total. The Kier molecular flexibility index (Phi) is 7.17. The van der Waals surface area contributed by atoms with Gasteiger partial charge in [0, 0.05) is 23.3 Å². The fourth-order valence-electron chi connectivity index (χ4n) is 4.15. The van der Waals surface area contributed by atoms with Crippen molar-refractivity contribution >= 4 is 28.9 Å². The van der Waals surface area contributed by atoms with Crippen LogP contribution in [0.3, 0.4) is 0 Å². The third-order valence-electron chi connectivity index (χ3n) is 5.92. The highest BCUT2D eigenvalue weighted by Gasteiger charge is 2.40. The molecule has 0 saturated carbocycles. The third kappa shape index (κ3) is 6.09. The maximum absolute atomic E-state index is 13.6. The Balaban J connectivity index is 1.70. The van der Waals surface area contributed by atoms with Gasteiger partial charge in [0.05, 0.1) is 11.6 Å². The van der Waals surface area contributed by atoms with Crippen molar-refractivity contribution in [3.8, 4) is 5.75 Å². The van der Waals surface area contributed by atoms with E-state index in [2.05, 4.69) is 14.7 Å². The molecular weight excluding hydrogens is 536 g/mol. The lowest BCUT2D eigenvalue weighted by Crippen LogP contribution is -2.30. The van der Waals surface area contributed by atoms with Crippen LogP contribution in [-0.4, -0.2) is 23.0 Å². The molecule has 1 atom stereocenters. The van der Waals surface area contributed by atoms with E-state index in [0.29, 0.717) is 21.8 Å². The van der Waals surface area contributed by atoms with Crippen LogP contribution in [0.5, 0.6) is 5.75 Å². The Hall–Kier alpha value is -3.60. The molecule has 1 aromatic heterocycles. The van der Waals surface area contributed by atoms with Crippen molar-refractivity contribution in [2.75, 3.05) is 4.90 Å². The first-order chi connectivity index (χ1) is 17.6. The number of halogens is 7. The van der Waals surface area contributed by atoms with Gasteiger partial charge in [-0.2, -0.15) is 13.2 Å². The standard InChI is InChI=1S/C26H20ClF6N3O2/c1-24(2,16-6-11-22(34-14-16)25(28,29)30)35-20-13-21(15-4-3-5-17(27)12-15)36(23(20)37)18-7-9-19(10-8-18)38-26(31,32)33/h3-12,14,21H,13H2,1-2H3. The number of anilines is 1. The van der Waals surface area contributed by atoms with Gasteiger partial charge in [0.25, 0.3) is 5.91 Å². The average molecular weight is 556 g/mol. The minimum absolute atomic E-state index is 0.122. The number of rotatable bonds is 5. The van der Waals surface area contributed by atoms with Gasteiger partial charge in [-0.3, -0.25) is 19.7 Å². The predicted octanol–water partition coefficient (Wildman–Crippen LogP) is 7.51. The molecule has 1 aliphatic rings. The molecule has 0 spiro atoms. The number of pyridine rings is 1. The zero-order valence-electron chi connectivity index (χ0n) is 19.9. The fraction of sp³-hybridized carbons (Fsp3) is 0.269. The molecule has 4 rings (SSSR count). The van der Waals surface area contributed by atoms with Crippen molar-refractivity contribution in [3.63, 3.8) is 0 Å². The number of hydrogen-bond donors (Lipinski definition) is 0. The zero-order chi connectivity index (χ0) is 27.9. The summed E-state index contributed by atoms with van der Waals surface area (Å²) in [5, 5.41) is 0.422. The highest BCUT2D eigenvalue weighted by molar-refractivity contribution is 6.46. The van der Waals surface area contributed by atoms with E-state index < -0.39 is 41.5 Å². The number of ether oxygens (including phenoxy) is 1. The SMILES string of the molecule is CC(C)(N=C1CC(c2cccc(Cl)c2)N(c2ccc(OC(F)(F)F)cc2)C1=O)c1ccc(C(F)(F)F)nc1. The zero-order valence-corrected chi connectivity index (χ0v) is 20.7. The maximum Gasteiger partial charge on any atom is 0.573 e. The van der Waals surface area contributed by atoms with Gasteiger partial charge in [0.15, 0.2) is 0 Å². The van der Waals surface area contributed by atoms with Crippen LogP contribution in [0, 0.1) is 0 Å². The van der Waals surface area contributed by atoms with Gasteiger partial charge >= 0.3 is 12.5 Å². The number of carbonyl (C=O) groups is 1. The molecule has 3 aromatic rings. The van der Waals surface area contributed by atoms with Crippen molar-refractivity contribution in [1.82, 2.24) is 4.98 Å². The fourth-order valence-corrected chi connectivity index (χ4v) is 4.35. The Morgan fingerprint density at radius 2 is 1.68 bits per heavy atom. The Bertz CT molecular complexity index is 1350. The normalized spacial score (nSPS) is 17.8. The van der Waals surface area contributed by atoms with Gasteiger partial charge in [-0.25, -0.2) is 0 Å². The van der Waals surface area contributed by atoms with Crippen molar-refractivity contribution in [3.05, 3.63) is 88.7 Å². The average Bonchev–Trinajstić information content (AvgIpc) is 3.13. The van der Waals surface area contributed by atoms with Crippen molar-refractivity contribution in [2.45, 2.75) is 44.4 Å². The Labute approximate surface area is 218 Å². The summed E-state index contributed by atoms with van der Waals surface area (Å²) >= 11 is 6.16. The monoisotopic (exact) mass is 555 g/mol. The lowest BCUT2D eigenvalue weighted by molar-refractivity contribution is -0.274. The molecule has 0 bridgehead atoms. The maximum atomic E-state index is 13.6. The van der Waals surface area contributed by atoms with Gasteiger partial charge < -0.3 is 4.74 Å². The molecule has 12 heteroatoms. The summed E-state index contributed by atoms with van der Waals surface area (Å²) < 4.78 is 80.4. The third-order valence-corrected chi connectivity index (χ3v) is 6.16. The summed E-state index contributed by atoms with van der Waals surface area (Å²) in [5.41, 5.74) is -0.699. The van der Waals surface area contributed by atoms with Crippen LogP contribution in [0.25, 0.3) is 0 Å². The number of benzene rings is 2. The minimum atomic E-state index is -4.87. The molecule has 38 heavy (non-hydrogen) atoms. The first-order valence-corrected chi connectivity index (χ1v) is 11.6. The summed E-state index contributed by atoms with van der Waals surface area (Å²) in [4.78, 5) is 23.0. The van der Waals surface area contributed by atoms with E-state index in [4.69, 9.17) is 11.6 Å². The van der Waals surface area contributed by atoms with Gasteiger partial charge in [0.1, 0.15) is 17.2 Å². The summed E-state index contributed by atoms with van der Waals surface area (Å²) in [6, 6.07) is 13.1. The predicted molar refractivity (Wildman–Crippen MR) is 129 cm³/mol. The smallest absolute Gasteiger partial charge is 0.406 e. The second kappa shape index (κ2) is 9.94. The van der Waals surface area contributed by atoms with Crippen LogP contribution >= 0.6 is 11.6 Å². The first-order valence-electron chi connectivity index (χ1n) is 11.2. The second-order valence-corrected chi connectivity index (χ2v) is 9.48. The van der Waals surface area contributed by atoms with Crippen LogP contribution < -0.4 is 9.64 Å². The van der Waals surface area contributed by atoms with Crippen LogP contribution in [-0.2, 0) is 16.5 Å². The highest BCUT2D eigenvalue weighted by atomic mass is 35.5. The molecule has 1 fully saturated rings. The Morgan fingerprint density at radius 3 is 2.24 bits per heavy atom. The lowest BCUT2D eigenvalue weighted by Gasteiger charge is -2.25. The molecule has 1 saturated heterocycles. The van der Waals surface area contributed by atoms with E-state index in [0.717, 1.165) is 24.4 Å². The molecule has 0 radical (unpaired) electrons. The van der Waals surface area contributed by atoms with Crippen LogP contribution in [0.1, 0.15) is 43.1 Å². The van der Waals surface area contributed by atoms with E-state index in [1.165, 1.54) is 23.1 Å². The largest absolute Gasteiger partial charge is 0.573 e. The van der Waals surface area contributed by atoms with E-state index in [1.54, 1.807) is 38.1 Å². The first kappa shape index (κ1) is 27.4. The quantitative estimate of drug-likeness (QED) is 0.306. The number of hydrogen-bond acceptors (Lipinski definition) is 4. The van der Waals surface area contributed by atoms with Gasteiger partial charge in [-0.15, -0.1) is 13.2 Å². The van der Waals surface area contributed by atoms with Crippen molar-refractivity contribution in [2.24, 2.45) is 4.99 Å². The molecule has 1 unspecified atom stereocenters. The van der Waals surface area contributed by atoms with Crippen molar-refractivity contribution in [1.29, 1.82) is 0 Å². The van der Waals surface area contributed by atoms with Crippen LogP contribution in [0.2, 0.25) is 5.02 Å². The number of carbonyl (C=O) groups excluding carboxylic acids is 1. The number of amides is 1. The number of alkyl halides is 6. The summed E-state index contributed by atoms with van der Waals surface area (Å²) in [7, 11) is 0. The molecule has 0 aliphatic carbocycles. The van der Waals surface area contributed by atoms with Gasteiger partial charge in [-0.05, 0) is 67.4 Å². The number of aliphatic imine (C=N–C) groups is 1. The summed E-state index contributed by atoms with van der Waals surface area (Å²) in [5.74, 6) is -0.954. The minimum Gasteiger partial charge on any atom is -0.406 e. The summed E-state index contributed by atoms with van der Waals surface area (Å²) in [6.07, 6.45) is -8.27. The lowest BCUT2D eigenvalue weighted by atomic mass is 9.95. The van der Waals surface area contributed by atoms with E-state index in [9.17, 15) is 31.1 Å². The van der Waals surface area contributed by atoms with E-state index in [-0.39, 0.29) is 12.1 Å². The molecule has 2 heterocycles.